The Balaban J connectivity index is 1.52. The number of hydrogen-bond acceptors (Lipinski definition) is 4. The highest BCUT2D eigenvalue weighted by Gasteiger charge is 2.36. The topological polar surface area (TPSA) is 59.2 Å². The van der Waals surface area contributed by atoms with E-state index in [1.807, 2.05) is 32.0 Å². The normalized spacial score (nSPS) is 17.9. The van der Waals surface area contributed by atoms with Crippen LogP contribution in [-0.2, 0) is 4.79 Å². The lowest BCUT2D eigenvalue weighted by molar-refractivity contribution is -0.129. The third-order valence-electron chi connectivity index (χ3n) is 5.54. The molecular formula is C22H22FN3O2. The molecule has 0 radical (unpaired) electrons. The summed E-state index contributed by atoms with van der Waals surface area (Å²) in [5.74, 6) is 0.664. The predicted octanol–water partition coefficient (Wildman–Crippen LogP) is 4.57. The molecule has 6 heteroatoms. The van der Waals surface area contributed by atoms with Gasteiger partial charge in [-0.15, -0.1) is 0 Å². The van der Waals surface area contributed by atoms with Gasteiger partial charge in [-0.25, -0.2) is 4.39 Å². The van der Waals surface area contributed by atoms with Gasteiger partial charge in [-0.2, -0.15) is 4.98 Å². The lowest BCUT2D eigenvalue weighted by Gasteiger charge is -2.25. The van der Waals surface area contributed by atoms with Crippen LogP contribution in [0.5, 0.6) is 0 Å². The van der Waals surface area contributed by atoms with Crippen LogP contribution >= 0.6 is 0 Å². The van der Waals surface area contributed by atoms with Crippen molar-refractivity contribution in [2.24, 2.45) is 0 Å². The molecule has 1 aromatic heterocycles. The minimum atomic E-state index is -0.285. The number of carbonyl (C=O) groups is 1. The number of nitrogens with zero attached hydrogens (tertiary/aromatic N) is 3. The fourth-order valence-electron chi connectivity index (χ4n) is 3.59. The van der Waals surface area contributed by atoms with Crippen LogP contribution in [0.25, 0.3) is 11.5 Å². The van der Waals surface area contributed by atoms with Crippen LogP contribution in [0.1, 0.15) is 47.8 Å². The predicted molar refractivity (Wildman–Crippen MR) is 103 cm³/mol. The maximum Gasteiger partial charge on any atom is 0.257 e. The third kappa shape index (κ3) is 3.42. The maximum atomic E-state index is 13.2. The van der Waals surface area contributed by atoms with E-state index in [0.29, 0.717) is 24.7 Å². The number of amides is 1. The van der Waals surface area contributed by atoms with Crippen molar-refractivity contribution in [3.05, 3.63) is 70.8 Å². The molecule has 0 aliphatic carbocycles. The number of benzene rings is 2. The minimum Gasteiger partial charge on any atom is -0.335 e. The molecule has 1 saturated heterocycles. The van der Waals surface area contributed by atoms with Crippen LogP contribution in [0.15, 0.2) is 47.0 Å². The van der Waals surface area contributed by atoms with Crippen molar-refractivity contribution in [1.29, 1.82) is 0 Å². The van der Waals surface area contributed by atoms with Gasteiger partial charge in [0.1, 0.15) is 5.82 Å². The van der Waals surface area contributed by atoms with Gasteiger partial charge in [-0.3, -0.25) is 4.79 Å². The molecule has 0 spiro atoms. The maximum absolute atomic E-state index is 13.2. The number of likely N-dealkylation sites (tertiary alicyclic amines) is 1. The number of carbonyl (C=O) groups excluding carboxylic acids is 1. The molecule has 2 aromatic carbocycles. The average Bonchev–Trinajstić information content (AvgIpc) is 3.31. The van der Waals surface area contributed by atoms with E-state index in [9.17, 15) is 9.18 Å². The third-order valence-corrected chi connectivity index (χ3v) is 5.54. The number of halogens is 1. The molecule has 0 N–H and O–H groups in total. The summed E-state index contributed by atoms with van der Waals surface area (Å²) in [6.07, 6.45) is 0.345. The van der Waals surface area contributed by atoms with Crippen LogP contribution in [-0.4, -0.2) is 27.5 Å². The first-order valence-corrected chi connectivity index (χ1v) is 9.38. The zero-order valence-corrected chi connectivity index (χ0v) is 16.1. The second kappa shape index (κ2) is 7.19. The minimum absolute atomic E-state index is 0.0411. The van der Waals surface area contributed by atoms with E-state index >= 15 is 0 Å². The summed E-state index contributed by atoms with van der Waals surface area (Å²) in [7, 11) is 0. The lowest BCUT2D eigenvalue weighted by atomic mass is 10.1. The second-order valence-electron chi connectivity index (χ2n) is 7.43. The number of aromatic nitrogens is 2. The highest BCUT2D eigenvalue weighted by molar-refractivity contribution is 5.80. The van der Waals surface area contributed by atoms with Gasteiger partial charge >= 0.3 is 0 Å². The zero-order chi connectivity index (χ0) is 19.8. The summed E-state index contributed by atoms with van der Waals surface area (Å²) in [5.41, 5.74) is 4.14. The summed E-state index contributed by atoms with van der Waals surface area (Å²) in [5, 5.41) is 4.12. The van der Waals surface area contributed by atoms with Gasteiger partial charge in [0.05, 0.1) is 6.04 Å². The molecule has 1 fully saturated rings. The average molecular weight is 379 g/mol. The van der Waals surface area contributed by atoms with Crippen molar-refractivity contribution in [2.45, 2.75) is 39.2 Å². The van der Waals surface area contributed by atoms with Gasteiger partial charge in [0.25, 0.3) is 5.89 Å². The van der Waals surface area contributed by atoms with Crippen LogP contribution in [0, 0.1) is 19.7 Å². The zero-order valence-electron chi connectivity index (χ0n) is 16.1. The first-order valence-electron chi connectivity index (χ1n) is 9.38. The molecule has 1 aliphatic heterocycles. The second-order valence-corrected chi connectivity index (χ2v) is 7.43. The van der Waals surface area contributed by atoms with Crippen LogP contribution in [0.2, 0.25) is 0 Å². The van der Waals surface area contributed by atoms with E-state index < -0.39 is 0 Å². The van der Waals surface area contributed by atoms with Gasteiger partial charge < -0.3 is 9.42 Å². The van der Waals surface area contributed by atoms with Crippen LogP contribution in [0.4, 0.5) is 4.39 Å². The van der Waals surface area contributed by atoms with Gasteiger partial charge in [0.2, 0.25) is 5.91 Å². The van der Waals surface area contributed by atoms with Crippen molar-refractivity contribution in [3.8, 4) is 11.5 Å². The van der Waals surface area contributed by atoms with Crippen LogP contribution < -0.4 is 0 Å². The van der Waals surface area contributed by atoms with Gasteiger partial charge in [0, 0.05) is 24.4 Å². The molecule has 2 unspecified atom stereocenters. The molecule has 144 valence electrons. The molecule has 0 bridgehead atoms. The standard InChI is InChI=1S/C22H22FN3O2/c1-13-4-5-17(10-14(13)2)22-24-21(25-28-22)18-11-20(27)26(12-18)15(3)16-6-8-19(23)9-7-16/h4-10,15,18H,11-12H2,1-3H3. The molecule has 3 aromatic rings. The highest BCUT2D eigenvalue weighted by atomic mass is 19.1. The Labute approximate surface area is 163 Å². The smallest absolute Gasteiger partial charge is 0.257 e. The molecule has 2 atom stereocenters. The Hall–Kier alpha value is -3.02. The molecular weight excluding hydrogens is 357 g/mol. The van der Waals surface area contributed by atoms with Gasteiger partial charge in [-0.05, 0) is 61.7 Å². The van der Waals surface area contributed by atoms with E-state index in [1.165, 1.54) is 17.7 Å². The van der Waals surface area contributed by atoms with Crippen molar-refractivity contribution in [1.82, 2.24) is 15.0 Å². The molecule has 5 nitrogen and oxygen atoms in total. The highest BCUT2D eigenvalue weighted by Crippen LogP contribution is 2.33. The van der Waals surface area contributed by atoms with Crippen LogP contribution in [0.3, 0.4) is 0 Å². The monoisotopic (exact) mass is 379 g/mol. The van der Waals surface area contributed by atoms with Gasteiger partial charge in [0.15, 0.2) is 5.82 Å². The van der Waals surface area contributed by atoms with Crippen molar-refractivity contribution >= 4 is 5.91 Å². The van der Waals surface area contributed by atoms with E-state index in [0.717, 1.165) is 16.7 Å². The first-order chi connectivity index (χ1) is 13.4. The molecule has 4 rings (SSSR count). The van der Waals surface area contributed by atoms with Gasteiger partial charge in [-0.1, -0.05) is 23.4 Å². The largest absolute Gasteiger partial charge is 0.335 e. The van der Waals surface area contributed by atoms with Crippen molar-refractivity contribution in [2.75, 3.05) is 6.54 Å². The SMILES string of the molecule is Cc1ccc(-c2nc(C3CC(=O)N(C(C)c4ccc(F)cc4)C3)no2)cc1C. The Morgan fingerprint density at radius 2 is 1.89 bits per heavy atom. The summed E-state index contributed by atoms with van der Waals surface area (Å²) in [6.45, 7) is 6.56. The first kappa shape index (κ1) is 18.3. The Morgan fingerprint density at radius 3 is 2.61 bits per heavy atom. The summed E-state index contributed by atoms with van der Waals surface area (Å²) < 4.78 is 18.6. The molecule has 2 heterocycles. The van der Waals surface area contributed by atoms with E-state index in [2.05, 4.69) is 17.1 Å². The summed E-state index contributed by atoms with van der Waals surface area (Å²) in [4.78, 5) is 18.9. The summed E-state index contributed by atoms with van der Waals surface area (Å²) >= 11 is 0. The number of rotatable bonds is 4. The Bertz CT molecular complexity index is 1010. The van der Waals surface area contributed by atoms with E-state index in [1.54, 1.807) is 17.0 Å². The number of hydrogen-bond donors (Lipinski definition) is 0. The fraction of sp³-hybridized carbons (Fsp3) is 0.318. The molecule has 1 amide bonds. The molecule has 1 aliphatic rings. The number of aryl methyl sites for hydroxylation is 2. The quantitative estimate of drug-likeness (QED) is 0.666. The Morgan fingerprint density at radius 1 is 1.14 bits per heavy atom. The Kier molecular flexibility index (Phi) is 4.71. The molecule has 0 saturated carbocycles. The van der Waals surface area contributed by atoms with E-state index in [4.69, 9.17) is 4.52 Å². The van der Waals surface area contributed by atoms with E-state index in [-0.39, 0.29) is 23.7 Å². The summed E-state index contributed by atoms with van der Waals surface area (Å²) in [6, 6.07) is 12.1. The lowest BCUT2D eigenvalue weighted by Crippen LogP contribution is -2.28. The molecule has 28 heavy (non-hydrogen) atoms. The van der Waals surface area contributed by atoms with Crippen molar-refractivity contribution in [3.63, 3.8) is 0 Å². The van der Waals surface area contributed by atoms with Crippen molar-refractivity contribution < 1.29 is 13.7 Å². The fourth-order valence-corrected chi connectivity index (χ4v) is 3.59.